The number of hydrogen-bond acceptors (Lipinski definition) is 5. The first-order valence-electron chi connectivity index (χ1n) is 29.1. The van der Waals surface area contributed by atoms with E-state index in [1.54, 1.807) is 0 Å². The Bertz CT molecular complexity index is 1420. The van der Waals surface area contributed by atoms with Crippen LogP contribution in [0.5, 0.6) is 0 Å². The maximum Gasteiger partial charge on any atom is 0.310 e. The summed E-state index contributed by atoms with van der Waals surface area (Å²) in [5.74, 6) is -0.562. The van der Waals surface area contributed by atoms with Crippen molar-refractivity contribution in [2.45, 2.75) is 258 Å². The largest absolute Gasteiger partial charge is 0.462 e. The molecule has 0 spiro atoms. The molecular formula is C65H108O5. The average Bonchev–Trinajstić information content (AvgIpc) is 3.36. The number of hydrogen-bond donors (Lipinski definition) is 0. The summed E-state index contributed by atoms with van der Waals surface area (Å²) in [4.78, 5) is 25.5. The third-order valence-electron chi connectivity index (χ3n) is 12.0. The maximum atomic E-state index is 12.8. The first-order valence-corrected chi connectivity index (χ1v) is 29.1. The van der Waals surface area contributed by atoms with Crippen LogP contribution in [0.15, 0.2) is 122 Å². The SMILES string of the molecule is CC/C=C\C/C=C\C/C=C\C/C=C\C/C=C\CC(=O)OC(COCCCCCCCCCCCC/C=C\C/C=C\CCCCC)COC(=O)CCCCCCCC/C=C\C/C=C\C/C=C\CCCCC. The standard InChI is InChI=1S/C65H108O5/c1-4-7-10-13-16-19-22-25-28-30-32-34-36-39-42-45-48-51-54-57-60-68-61-63(70-65(67)59-56-53-50-47-44-41-37-27-24-21-18-15-12-9-6-3)62-69-64(66)58-55-52-49-46-43-40-38-35-33-31-29-26-23-20-17-14-11-8-5-2/h9,12,16-21,25-29,33,35,37,44,47,53,56,63H,4-8,10-11,13-15,22-24,30-32,34,36,38-43,45-46,48-52,54-55,57-62H2,1-3H3/b12-9-,19-16-,20-17-,21-18-,28-25-,29-26-,35-33-,37-27-,47-44-,56-53-. The van der Waals surface area contributed by atoms with Crippen molar-refractivity contribution >= 4 is 11.9 Å². The Morgan fingerprint density at radius 1 is 0.343 bits per heavy atom. The summed E-state index contributed by atoms with van der Waals surface area (Å²) in [6.45, 7) is 7.54. The molecule has 1 atom stereocenters. The number of carbonyl (C=O) groups is 2. The van der Waals surface area contributed by atoms with Crippen LogP contribution in [0.3, 0.4) is 0 Å². The summed E-state index contributed by atoms with van der Waals surface area (Å²) >= 11 is 0. The Hall–Kier alpha value is -3.70. The first-order chi connectivity index (χ1) is 34.6. The van der Waals surface area contributed by atoms with Crippen molar-refractivity contribution in [3.63, 3.8) is 0 Å². The number of esters is 2. The molecule has 70 heavy (non-hydrogen) atoms. The summed E-state index contributed by atoms with van der Waals surface area (Å²) in [7, 11) is 0. The van der Waals surface area contributed by atoms with Gasteiger partial charge < -0.3 is 14.2 Å². The zero-order valence-electron chi connectivity index (χ0n) is 45.7. The average molecular weight is 970 g/mol. The Morgan fingerprint density at radius 2 is 0.686 bits per heavy atom. The molecule has 0 N–H and O–H groups in total. The molecule has 0 rings (SSSR count). The summed E-state index contributed by atoms with van der Waals surface area (Å²) < 4.78 is 17.4. The molecule has 0 aliphatic rings. The predicted molar refractivity (Wildman–Crippen MR) is 306 cm³/mol. The van der Waals surface area contributed by atoms with Crippen LogP contribution in [-0.4, -0.2) is 37.9 Å². The van der Waals surface area contributed by atoms with E-state index in [1.807, 2.05) is 12.2 Å². The van der Waals surface area contributed by atoms with E-state index in [4.69, 9.17) is 14.2 Å². The lowest BCUT2D eigenvalue weighted by atomic mass is 10.1. The van der Waals surface area contributed by atoms with Gasteiger partial charge >= 0.3 is 11.9 Å². The van der Waals surface area contributed by atoms with Crippen LogP contribution in [0, 0.1) is 0 Å². The molecule has 0 aliphatic carbocycles. The first kappa shape index (κ1) is 66.3. The number of carbonyl (C=O) groups excluding carboxylic acids is 2. The quantitative estimate of drug-likeness (QED) is 0.0345. The van der Waals surface area contributed by atoms with Gasteiger partial charge in [0, 0.05) is 13.0 Å². The van der Waals surface area contributed by atoms with Gasteiger partial charge in [-0.15, -0.1) is 0 Å². The fraction of sp³-hybridized carbons (Fsp3) is 0.662. The Morgan fingerprint density at radius 3 is 1.10 bits per heavy atom. The van der Waals surface area contributed by atoms with Gasteiger partial charge in [0.15, 0.2) is 6.10 Å². The van der Waals surface area contributed by atoms with E-state index >= 15 is 0 Å². The second-order valence-electron chi connectivity index (χ2n) is 18.8. The minimum Gasteiger partial charge on any atom is -0.462 e. The van der Waals surface area contributed by atoms with E-state index in [0.29, 0.717) is 13.0 Å². The molecule has 0 heterocycles. The molecule has 0 aromatic rings. The van der Waals surface area contributed by atoms with E-state index in [1.165, 1.54) is 128 Å². The highest BCUT2D eigenvalue weighted by Gasteiger charge is 2.17. The van der Waals surface area contributed by atoms with Crippen LogP contribution < -0.4 is 0 Å². The highest BCUT2D eigenvalue weighted by atomic mass is 16.6. The van der Waals surface area contributed by atoms with Gasteiger partial charge in [-0.2, -0.15) is 0 Å². The second kappa shape index (κ2) is 59.6. The monoisotopic (exact) mass is 969 g/mol. The lowest BCUT2D eigenvalue weighted by Crippen LogP contribution is -2.29. The van der Waals surface area contributed by atoms with E-state index < -0.39 is 6.10 Å². The van der Waals surface area contributed by atoms with Gasteiger partial charge in [-0.25, -0.2) is 0 Å². The zero-order valence-corrected chi connectivity index (χ0v) is 45.7. The van der Waals surface area contributed by atoms with Crippen molar-refractivity contribution < 1.29 is 23.8 Å². The van der Waals surface area contributed by atoms with Crippen molar-refractivity contribution in [2.75, 3.05) is 19.8 Å². The van der Waals surface area contributed by atoms with Crippen molar-refractivity contribution in [1.29, 1.82) is 0 Å². The minimum absolute atomic E-state index is 0.0310. The van der Waals surface area contributed by atoms with Gasteiger partial charge in [0.2, 0.25) is 0 Å². The van der Waals surface area contributed by atoms with Gasteiger partial charge in [-0.3, -0.25) is 9.59 Å². The molecule has 0 radical (unpaired) electrons. The van der Waals surface area contributed by atoms with Crippen molar-refractivity contribution in [2.24, 2.45) is 0 Å². The minimum atomic E-state index is -0.607. The normalized spacial score (nSPS) is 13.1. The fourth-order valence-electron chi connectivity index (χ4n) is 7.68. The summed E-state index contributed by atoms with van der Waals surface area (Å²) in [5, 5.41) is 0. The van der Waals surface area contributed by atoms with Gasteiger partial charge in [0.1, 0.15) is 6.61 Å². The Labute approximate surface area is 433 Å². The number of unbranched alkanes of at least 4 members (excludes halogenated alkanes) is 22. The van der Waals surface area contributed by atoms with Crippen LogP contribution in [0.4, 0.5) is 0 Å². The third kappa shape index (κ3) is 56.9. The lowest BCUT2D eigenvalue weighted by molar-refractivity contribution is -0.162. The molecule has 0 amide bonds. The molecular weight excluding hydrogens is 861 g/mol. The Balaban J connectivity index is 4.40. The molecule has 0 saturated carbocycles. The van der Waals surface area contributed by atoms with E-state index in [2.05, 4.69) is 130 Å². The number of ether oxygens (including phenoxy) is 3. The molecule has 5 nitrogen and oxygen atoms in total. The topological polar surface area (TPSA) is 61.8 Å². The van der Waals surface area contributed by atoms with Crippen molar-refractivity contribution in [3.8, 4) is 0 Å². The summed E-state index contributed by atoms with van der Waals surface area (Å²) in [6.07, 6.45) is 83.9. The van der Waals surface area contributed by atoms with Crippen LogP contribution in [-0.2, 0) is 23.8 Å². The van der Waals surface area contributed by atoms with Crippen LogP contribution >= 0.6 is 0 Å². The molecule has 1 unspecified atom stereocenters. The fourth-order valence-corrected chi connectivity index (χ4v) is 7.68. The molecule has 0 saturated heterocycles. The van der Waals surface area contributed by atoms with Gasteiger partial charge in [0.25, 0.3) is 0 Å². The molecule has 0 bridgehead atoms. The maximum absolute atomic E-state index is 12.8. The van der Waals surface area contributed by atoms with Gasteiger partial charge in [-0.05, 0) is 116 Å². The Kier molecular flexibility index (Phi) is 56.5. The summed E-state index contributed by atoms with van der Waals surface area (Å²) in [6, 6.07) is 0. The highest BCUT2D eigenvalue weighted by Crippen LogP contribution is 2.14. The highest BCUT2D eigenvalue weighted by molar-refractivity contribution is 5.71. The molecule has 398 valence electrons. The number of rotatable bonds is 52. The molecule has 0 aromatic carbocycles. The molecule has 0 aliphatic heterocycles. The molecule has 5 heteroatoms. The van der Waals surface area contributed by atoms with Crippen molar-refractivity contribution in [1.82, 2.24) is 0 Å². The molecule has 0 aromatic heterocycles. The van der Waals surface area contributed by atoms with Gasteiger partial charge in [-0.1, -0.05) is 245 Å². The zero-order chi connectivity index (χ0) is 50.6. The smallest absolute Gasteiger partial charge is 0.310 e. The van der Waals surface area contributed by atoms with E-state index in [0.717, 1.165) is 89.9 Å². The van der Waals surface area contributed by atoms with Crippen molar-refractivity contribution in [3.05, 3.63) is 122 Å². The predicted octanol–water partition coefficient (Wildman–Crippen LogP) is 20.1. The van der Waals surface area contributed by atoms with Crippen LogP contribution in [0.25, 0.3) is 0 Å². The second-order valence-corrected chi connectivity index (χ2v) is 18.8. The van der Waals surface area contributed by atoms with E-state index in [9.17, 15) is 9.59 Å². The van der Waals surface area contributed by atoms with Crippen LogP contribution in [0.2, 0.25) is 0 Å². The lowest BCUT2D eigenvalue weighted by Gasteiger charge is -2.18. The van der Waals surface area contributed by atoms with E-state index in [-0.39, 0.29) is 31.6 Å². The molecule has 0 fully saturated rings. The van der Waals surface area contributed by atoms with Gasteiger partial charge in [0.05, 0.1) is 13.0 Å². The third-order valence-corrected chi connectivity index (χ3v) is 12.0. The van der Waals surface area contributed by atoms with Crippen LogP contribution in [0.1, 0.15) is 252 Å². The summed E-state index contributed by atoms with van der Waals surface area (Å²) in [5.41, 5.74) is 0. The number of allylic oxidation sites excluding steroid dienone is 19.